The molecule has 0 aromatic heterocycles. The Morgan fingerprint density at radius 3 is 2.83 bits per heavy atom. The van der Waals surface area contributed by atoms with Gasteiger partial charge in [-0.1, -0.05) is 6.07 Å². The highest BCUT2D eigenvalue weighted by Gasteiger charge is 2.09. The Kier molecular flexibility index (Phi) is 3.48. The Morgan fingerprint density at radius 2 is 2.25 bits per heavy atom. The molecule has 0 spiro atoms. The van der Waals surface area contributed by atoms with Crippen molar-refractivity contribution in [2.45, 2.75) is 0 Å². The van der Waals surface area contributed by atoms with Gasteiger partial charge in [-0.05, 0) is 50.7 Å². The number of carbonyl (C=O) groups is 1. The van der Waals surface area contributed by atoms with Crippen LogP contribution in [-0.2, 0) is 0 Å². The van der Waals surface area contributed by atoms with E-state index in [0.29, 0.717) is 5.56 Å². The molecule has 0 fully saturated rings. The lowest BCUT2D eigenvalue weighted by atomic mass is 10.2. The van der Waals surface area contributed by atoms with E-state index in [0.717, 1.165) is 8.04 Å². The summed E-state index contributed by atoms with van der Waals surface area (Å²) in [6.45, 7) is 0. The summed E-state index contributed by atoms with van der Waals surface area (Å²) in [5.74, 6) is 4.73. The van der Waals surface area contributed by atoms with Crippen LogP contribution in [0.4, 0.5) is 0 Å². The van der Waals surface area contributed by atoms with Crippen molar-refractivity contribution in [2.24, 2.45) is 5.84 Å². The van der Waals surface area contributed by atoms with Gasteiger partial charge in [-0.3, -0.25) is 10.2 Å². The molecule has 3 nitrogen and oxygen atoms in total. The highest BCUT2D eigenvalue weighted by atomic mass is 127. The van der Waals surface area contributed by atoms with Gasteiger partial charge in [0.05, 0.1) is 5.56 Å². The number of amides is 1. The summed E-state index contributed by atoms with van der Waals surface area (Å²) < 4.78 is 1.75. The van der Waals surface area contributed by atoms with E-state index >= 15 is 0 Å². The fourth-order valence-corrected chi connectivity index (χ4v) is 1.73. The fourth-order valence-electron chi connectivity index (χ4n) is 0.757. The largest absolute Gasteiger partial charge is 0.290 e. The van der Waals surface area contributed by atoms with Gasteiger partial charge >= 0.3 is 0 Å². The molecule has 0 saturated carbocycles. The third-order valence-electron chi connectivity index (χ3n) is 1.33. The predicted octanol–water partition coefficient (Wildman–Crippen LogP) is 1.66. The summed E-state index contributed by atoms with van der Waals surface area (Å²) in [4.78, 5) is 11.1. The number of benzene rings is 1. The van der Waals surface area contributed by atoms with Crippen molar-refractivity contribution in [1.29, 1.82) is 0 Å². The molecule has 1 aromatic carbocycles. The molecule has 1 amide bonds. The molecule has 12 heavy (non-hydrogen) atoms. The Bertz CT molecular complexity index is 316. The quantitative estimate of drug-likeness (QED) is 0.353. The van der Waals surface area contributed by atoms with Gasteiger partial charge in [0, 0.05) is 8.04 Å². The molecule has 0 unspecified atom stereocenters. The van der Waals surface area contributed by atoms with Crippen LogP contribution in [0.15, 0.2) is 22.7 Å². The van der Waals surface area contributed by atoms with Crippen molar-refractivity contribution in [2.75, 3.05) is 0 Å². The summed E-state index contributed by atoms with van der Waals surface area (Å²) in [5, 5.41) is 0. The van der Waals surface area contributed by atoms with Crippen LogP contribution >= 0.6 is 38.5 Å². The van der Waals surface area contributed by atoms with Crippen LogP contribution in [0.25, 0.3) is 0 Å². The minimum atomic E-state index is -0.277. The maximum absolute atomic E-state index is 11.1. The van der Waals surface area contributed by atoms with Crippen LogP contribution in [-0.4, -0.2) is 5.91 Å². The number of hydrogen-bond acceptors (Lipinski definition) is 2. The zero-order valence-corrected chi connectivity index (χ0v) is 9.72. The molecule has 0 bridgehead atoms. The minimum absolute atomic E-state index is 0.277. The van der Waals surface area contributed by atoms with Gasteiger partial charge in [0.15, 0.2) is 0 Å². The molecule has 0 aliphatic carbocycles. The lowest BCUT2D eigenvalue weighted by Crippen LogP contribution is -2.30. The first-order valence-electron chi connectivity index (χ1n) is 3.11. The number of nitrogens with one attached hydrogen (secondary N) is 1. The Morgan fingerprint density at radius 1 is 1.58 bits per heavy atom. The number of halogens is 2. The standard InChI is InChI=1S/C7H6BrIN2O/c8-5-3-1-2-4(6(5)9)7(12)11-10/h1-3H,10H2,(H,11,12). The number of nitrogen functional groups attached to an aromatic ring is 1. The molecule has 0 radical (unpaired) electrons. The summed E-state index contributed by atoms with van der Waals surface area (Å²) in [6, 6.07) is 5.38. The SMILES string of the molecule is NNC(=O)c1cccc(Br)c1I. The number of nitrogens with two attached hydrogens (primary N) is 1. The van der Waals surface area contributed by atoms with Crippen molar-refractivity contribution in [1.82, 2.24) is 5.43 Å². The van der Waals surface area contributed by atoms with E-state index in [1.54, 1.807) is 12.1 Å². The van der Waals surface area contributed by atoms with Gasteiger partial charge < -0.3 is 0 Å². The predicted molar refractivity (Wildman–Crippen MR) is 58.5 cm³/mol. The molecule has 64 valence electrons. The van der Waals surface area contributed by atoms with Gasteiger partial charge in [-0.2, -0.15) is 0 Å². The second-order valence-corrected chi connectivity index (χ2v) is 4.01. The number of hydrogen-bond donors (Lipinski definition) is 2. The molecule has 0 aliphatic rings. The molecule has 0 saturated heterocycles. The molecule has 1 rings (SSSR count). The van der Waals surface area contributed by atoms with E-state index in [2.05, 4.69) is 43.9 Å². The average molecular weight is 341 g/mol. The van der Waals surface area contributed by atoms with Gasteiger partial charge in [-0.15, -0.1) is 0 Å². The van der Waals surface area contributed by atoms with Gasteiger partial charge in [0.1, 0.15) is 0 Å². The van der Waals surface area contributed by atoms with E-state index in [9.17, 15) is 4.79 Å². The molecular weight excluding hydrogens is 335 g/mol. The maximum atomic E-state index is 11.1. The van der Waals surface area contributed by atoms with E-state index < -0.39 is 0 Å². The second-order valence-electron chi connectivity index (χ2n) is 2.07. The zero-order valence-electron chi connectivity index (χ0n) is 5.97. The van der Waals surface area contributed by atoms with Crippen LogP contribution in [0.3, 0.4) is 0 Å². The number of hydrazine groups is 1. The summed E-state index contributed by atoms with van der Waals surface area (Å²) in [5.41, 5.74) is 2.66. The lowest BCUT2D eigenvalue weighted by molar-refractivity contribution is 0.0952. The Hall–Kier alpha value is -0.140. The van der Waals surface area contributed by atoms with Gasteiger partial charge in [-0.25, -0.2) is 5.84 Å². The Balaban J connectivity index is 3.16. The molecule has 0 aliphatic heterocycles. The Labute approximate surface area is 91.9 Å². The molecule has 1 aromatic rings. The van der Waals surface area contributed by atoms with Crippen molar-refractivity contribution in [3.63, 3.8) is 0 Å². The lowest BCUT2D eigenvalue weighted by Gasteiger charge is -2.03. The fraction of sp³-hybridized carbons (Fsp3) is 0. The molecule has 0 heterocycles. The third kappa shape index (κ3) is 1.96. The first-order valence-corrected chi connectivity index (χ1v) is 4.99. The average Bonchev–Trinajstić information content (AvgIpc) is 2.08. The van der Waals surface area contributed by atoms with Gasteiger partial charge in [0.2, 0.25) is 0 Å². The highest BCUT2D eigenvalue weighted by Crippen LogP contribution is 2.22. The molecule has 5 heteroatoms. The summed E-state index contributed by atoms with van der Waals surface area (Å²) in [6.07, 6.45) is 0. The van der Waals surface area contributed by atoms with Crippen LogP contribution in [0.1, 0.15) is 10.4 Å². The van der Waals surface area contributed by atoms with E-state index in [1.165, 1.54) is 0 Å². The summed E-state index contributed by atoms with van der Waals surface area (Å²) in [7, 11) is 0. The van der Waals surface area contributed by atoms with Crippen molar-refractivity contribution < 1.29 is 4.79 Å². The van der Waals surface area contributed by atoms with Crippen LogP contribution in [0.2, 0.25) is 0 Å². The van der Waals surface area contributed by atoms with Crippen LogP contribution in [0, 0.1) is 3.57 Å². The zero-order chi connectivity index (χ0) is 9.14. The summed E-state index contributed by atoms with van der Waals surface area (Å²) >= 11 is 5.40. The molecule has 0 atom stereocenters. The van der Waals surface area contributed by atoms with Crippen LogP contribution < -0.4 is 11.3 Å². The van der Waals surface area contributed by atoms with E-state index in [4.69, 9.17) is 5.84 Å². The smallest absolute Gasteiger partial charge is 0.266 e. The van der Waals surface area contributed by atoms with Crippen molar-refractivity contribution in [3.8, 4) is 0 Å². The molecular formula is C7H6BrIN2O. The number of carbonyl (C=O) groups excluding carboxylic acids is 1. The monoisotopic (exact) mass is 340 g/mol. The molecule has 3 N–H and O–H groups in total. The first kappa shape index (κ1) is 9.94. The normalized spacial score (nSPS) is 9.58. The van der Waals surface area contributed by atoms with Crippen molar-refractivity contribution in [3.05, 3.63) is 31.8 Å². The number of rotatable bonds is 1. The van der Waals surface area contributed by atoms with E-state index in [1.807, 2.05) is 6.07 Å². The maximum Gasteiger partial charge on any atom is 0.266 e. The topological polar surface area (TPSA) is 55.1 Å². The minimum Gasteiger partial charge on any atom is -0.290 e. The van der Waals surface area contributed by atoms with E-state index in [-0.39, 0.29) is 5.91 Å². The second kappa shape index (κ2) is 4.20. The van der Waals surface area contributed by atoms with Crippen LogP contribution in [0.5, 0.6) is 0 Å². The first-order chi connectivity index (χ1) is 5.66. The van der Waals surface area contributed by atoms with Crippen molar-refractivity contribution >= 4 is 44.4 Å². The van der Waals surface area contributed by atoms with Gasteiger partial charge in [0.25, 0.3) is 5.91 Å². The highest BCUT2D eigenvalue weighted by molar-refractivity contribution is 14.1. The third-order valence-corrected chi connectivity index (χ3v) is 3.89.